The van der Waals surface area contributed by atoms with E-state index in [4.69, 9.17) is 0 Å². The van der Waals surface area contributed by atoms with Gasteiger partial charge in [0.05, 0.1) is 9.85 Å². The summed E-state index contributed by atoms with van der Waals surface area (Å²) >= 11 is 0. The molecule has 0 unspecified atom stereocenters. The van der Waals surface area contributed by atoms with Crippen molar-refractivity contribution in [1.82, 2.24) is 4.98 Å². The maximum atomic E-state index is 13.3. The summed E-state index contributed by atoms with van der Waals surface area (Å²) in [5.41, 5.74) is 3.82. The van der Waals surface area contributed by atoms with Gasteiger partial charge in [-0.05, 0) is 60.7 Å². The van der Waals surface area contributed by atoms with Crippen LogP contribution in [0.3, 0.4) is 0 Å². The van der Waals surface area contributed by atoms with Crippen molar-refractivity contribution in [1.29, 1.82) is 0 Å². The number of benzene rings is 4. The normalized spacial score (nSPS) is 10.9. The molecule has 0 aliphatic carbocycles. The zero-order valence-corrected chi connectivity index (χ0v) is 18.0. The number of anilines is 4. The molecule has 172 valence electrons. The number of nitrogens with zero attached hydrogens (tertiary/aromatic N) is 2. The maximum absolute atomic E-state index is 13.3. The lowest BCUT2D eigenvalue weighted by atomic mass is 10.1. The molecular formula is C25H17N5O5. The molecule has 1 aromatic heterocycles. The third kappa shape index (κ3) is 4.35. The highest BCUT2D eigenvalue weighted by atomic mass is 16.6. The number of aromatic amines is 1. The quantitative estimate of drug-likeness (QED) is 0.158. The highest BCUT2D eigenvalue weighted by Crippen LogP contribution is 2.26. The summed E-state index contributed by atoms with van der Waals surface area (Å²) in [6.07, 6.45) is 0. The van der Waals surface area contributed by atoms with Gasteiger partial charge in [-0.1, -0.05) is 0 Å². The number of pyridine rings is 1. The fourth-order valence-corrected chi connectivity index (χ4v) is 3.79. The van der Waals surface area contributed by atoms with Crippen molar-refractivity contribution in [2.45, 2.75) is 0 Å². The number of hydrogen-bond acceptors (Lipinski definition) is 7. The molecule has 0 aliphatic heterocycles. The van der Waals surface area contributed by atoms with Gasteiger partial charge in [0, 0.05) is 68.8 Å². The van der Waals surface area contributed by atoms with Gasteiger partial charge in [-0.15, -0.1) is 0 Å². The number of rotatable bonds is 6. The van der Waals surface area contributed by atoms with E-state index in [0.717, 1.165) is 0 Å². The molecule has 10 heteroatoms. The molecule has 0 spiro atoms. The minimum absolute atomic E-state index is 0.00452. The molecule has 0 saturated heterocycles. The molecule has 0 atom stereocenters. The van der Waals surface area contributed by atoms with E-state index in [0.29, 0.717) is 44.6 Å². The van der Waals surface area contributed by atoms with Crippen LogP contribution in [0.1, 0.15) is 0 Å². The Balaban J connectivity index is 1.47. The molecule has 3 N–H and O–H groups in total. The Hall–Kier alpha value is -5.25. The van der Waals surface area contributed by atoms with Crippen molar-refractivity contribution < 1.29 is 9.85 Å². The molecular weight excluding hydrogens is 450 g/mol. The summed E-state index contributed by atoms with van der Waals surface area (Å²) in [6.45, 7) is 0. The highest BCUT2D eigenvalue weighted by molar-refractivity contribution is 5.95. The van der Waals surface area contributed by atoms with Gasteiger partial charge in [0.25, 0.3) is 11.4 Å². The second-order valence-corrected chi connectivity index (χ2v) is 7.83. The van der Waals surface area contributed by atoms with Crippen LogP contribution in [0.4, 0.5) is 34.1 Å². The number of fused-ring (bicyclic) bond motifs is 2. The number of nitrogens with one attached hydrogen (secondary N) is 3. The first kappa shape index (κ1) is 21.6. The molecule has 0 aliphatic rings. The highest BCUT2D eigenvalue weighted by Gasteiger charge is 2.10. The second-order valence-electron chi connectivity index (χ2n) is 7.83. The number of non-ortho nitro benzene ring substituents is 2. The van der Waals surface area contributed by atoms with Gasteiger partial charge < -0.3 is 15.6 Å². The van der Waals surface area contributed by atoms with Crippen LogP contribution < -0.4 is 16.1 Å². The van der Waals surface area contributed by atoms with Crippen LogP contribution in [0.25, 0.3) is 21.8 Å². The van der Waals surface area contributed by atoms with Crippen molar-refractivity contribution in [3.8, 4) is 0 Å². The summed E-state index contributed by atoms with van der Waals surface area (Å²) < 4.78 is 0. The lowest BCUT2D eigenvalue weighted by Gasteiger charge is -2.10. The van der Waals surface area contributed by atoms with E-state index in [-0.39, 0.29) is 16.8 Å². The minimum Gasteiger partial charge on any atom is -0.355 e. The van der Waals surface area contributed by atoms with Gasteiger partial charge in [0.15, 0.2) is 5.43 Å². The van der Waals surface area contributed by atoms with Crippen LogP contribution in [0, 0.1) is 20.2 Å². The van der Waals surface area contributed by atoms with Gasteiger partial charge in [-0.3, -0.25) is 25.0 Å². The standard InChI is InChI=1S/C25H17N5O5/c31-25-21-13-17(26-15-1-7-19(8-2-15)29(32)33)5-11-23(21)28-24-12-6-18(14-22(24)25)27-16-3-9-20(10-4-16)30(34)35/h1-14,26-27H,(H,28,31). The molecule has 10 nitrogen and oxygen atoms in total. The van der Waals surface area contributed by atoms with E-state index in [1.807, 2.05) is 12.1 Å². The van der Waals surface area contributed by atoms with E-state index in [1.165, 1.54) is 24.3 Å². The van der Waals surface area contributed by atoms with E-state index in [2.05, 4.69) is 15.6 Å². The Labute approximate surface area is 197 Å². The summed E-state index contributed by atoms with van der Waals surface area (Å²) in [7, 11) is 0. The molecule has 5 aromatic rings. The maximum Gasteiger partial charge on any atom is 0.269 e. The van der Waals surface area contributed by atoms with E-state index in [1.54, 1.807) is 48.5 Å². The van der Waals surface area contributed by atoms with Crippen LogP contribution in [-0.4, -0.2) is 14.8 Å². The first-order valence-electron chi connectivity index (χ1n) is 10.5. The SMILES string of the molecule is O=c1c2cc(Nc3ccc([N+](=O)[O-])cc3)ccc2[nH]c2ccc(Nc3ccc([N+](=O)[O-])cc3)cc12. The van der Waals surface area contributed by atoms with Crippen LogP contribution in [0.5, 0.6) is 0 Å². The zero-order chi connectivity index (χ0) is 24.5. The third-order valence-electron chi connectivity index (χ3n) is 5.53. The lowest BCUT2D eigenvalue weighted by Crippen LogP contribution is -2.05. The molecule has 4 aromatic carbocycles. The smallest absolute Gasteiger partial charge is 0.269 e. The van der Waals surface area contributed by atoms with Gasteiger partial charge in [0.1, 0.15) is 0 Å². The first-order valence-corrected chi connectivity index (χ1v) is 10.5. The Morgan fingerprint density at radius 2 is 0.943 bits per heavy atom. The molecule has 1 heterocycles. The summed E-state index contributed by atoms with van der Waals surface area (Å²) in [5.74, 6) is 0. The van der Waals surface area contributed by atoms with Gasteiger partial charge in [-0.25, -0.2) is 0 Å². The number of aromatic nitrogens is 1. The molecule has 0 radical (unpaired) electrons. The Bertz CT molecular complexity index is 1540. The third-order valence-corrected chi connectivity index (χ3v) is 5.53. The Morgan fingerprint density at radius 3 is 1.31 bits per heavy atom. The fourth-order valence-electron chi connectivity index (χ4n) is 3.79. The summed E-state index contributed by atoms with van der Waals surface area (Å²) in [6, 6.07) is 22.7. The molecule has 5 rings (SSSR count). The lowest BCUT2D eigenvalue weighted by molar-refractivity contribution is -0.385. The first-order chi connectivity index (χ1) is 16.9. The molecule has 0 saturated carbocycles. The van der Waals surface area contributed by atoms with Crippen molar-refractivity contribution >= 4 is 55.9 Å². The fraction of sp³-hybridized carbons (Fsp3) is 0. The monoisotopic (exact) mass is 467 g/mol. The predicted molar refractivity (Wildman–Crippen MR) is 135 cm³/mol. The van der Waals surface area contributed by atoms with Gasteiger partial charge >= 0.3 is 0 Å². The van der Waals surface area contributed by atoms with E-state index >= 15 is 0 Å². The molecule has 0 fully saturated rings. The minimum atomic E-state index is -0.463. The average Bonchev–Trinajstić information content (AvgIpc) is 2.85. The van der Waals surface area contributed by atoms with E-state index < -0.39 is 9.85 Å². The number of hydrogen-bond donors (Lipinski definition) is 3. The Kier molecular flexibility index (Phi) is 5.30. The molecule has 0 bridgehead atoms. The predicted octanol–water partition coefficient (Wildman–Crippen LogP) is 5.98. The van der Waals surface area contributed by atoms with Gasteiger partial charge in [-0.2, -0.15) is 0 Å². The summed E-state index contributed by atoms with van der Waals surface area (Å²) in [4.78, 5) is 37.3. The molecule has 0 amide bonds. The zero-order valence-electron chi connectivity index (χ0n) is 18.0. The average molecular weight is 467 g/mol. The van der Waals surface area contributed by atoms with Crippen LogP contribution >= 0.6 is 0 Å². The van der Waals surface area contributed by atoms with Crippen molar-refractivity contribution in [3.05, 3.63) is 115 Å². The second kappa shape index (κ2) is 8.60. The van der Waals surface area contributed by atoms with Gasteiger partial charge in [0.2, 0.25) is 0 Å². The van der Waals surface area contributed by atoms with Crippen LogP contribution in [0.15, 0.2) is 89.7 Å². The van der Waals surface area contributed by atoms with Crippen molar-refractivity contribution in [3.63, 3.8) is 0 Å². The Morgan fingerprint density at radius 1 is 0.571 bits per heavy atom. The molecule has 35 heavy (non-hydrogen) atoms. The van der Waals surface area contributed by atoms with Crippen molar-refractivity contribution in [2.24, 2.45) is 0 Å². The topological polar surface area (TPSA) is 143 Å². The summed E-state index contributed by atoms with van der Waals surface area (Å²) in [5, 5.41) is 29.0. The van der Waals surface area contributed by atoms with E-state index in [9.17, 15) is 25.0 Å². The largest absolute Gasteiger partial charge is 0.355 e. The van der Waals surface area contributed by atoms with Crippen molar-refractivity contribution in [2.75, 3.05) is 10.6 Å². The van der Waals surface area contributed by atoms with Crippen LogP contribution in [0.2, 0.25) is 0 Å². The number of H-pyrrole nitrogens is 1. The number of nitro benzene ring substituents is 2. The van der Waals surface area contributed by atoms with Crippen LogP contribution in [-0.2, 0) is 0 Å². The number of nitro groups is 2.